The first kappa shape index (κ1) is 18.7. The van der Waals surface area contributed by atoms with Crippen molar-refractivity contribution in [2.75, 3.05) is 0 Å². The quantitative estimate of drug-likeness (QED) is 0.482. The third-order valence-electron chi connectivity index (χ3n) is 4.64. The largest absolute Gasteiger partial charge is 0.478 e. The van der Waals surface area contributed by atoms with Crippen LogP contribution in [0.3, 0.4) is 0 Å². The van der Waals surface area contributed by atoms with Crippen molar-refractivity contribution in [1.29, 1.82) is 0 Å². The fourth-order valence-electron chi connectivity index (χ4n) is 3.42. The number of rotatable bonds is 4. The fraction of sp³-hybridized carbons (Fsp3) is 0.143. The highest BCUT2D eigenvalue weighted by Gasteiger charge is 2.19. The van der Waals surface area contributed by atoms with E-state index in [-0.39, 0.29) is 5.56 Å². The van der Waals surface area contributed by atoms with Crippen molar-refractivity contribution in [3.05, 3.63) is 70.6 Å². The smallest absolute Gasteiger partial charge is 0.335 e. The molecule has 2 aromatic carbocycles. The van der Waals surface area contributed by atoms with Crippen LogP contribution in [0.2, 0.25) is 5.02 Å². The first-order valence-corrected chi connectivity index (χ1v) is 9.87. The Balaban J connectivity index is 1.92. The number of nitrogens with zero attached hydrogens (tertiary/aromatic N) is 3. The molecule has 0 saturated heterocycles. The van der Waals surface area contributed by atoms with Crippen molar-refractivity contribution in [2.24, 2.45) is 7.05 Å². The molecule has 0 aliphatic rings. The van der Waals surface area contributed by atoms with Gasteiger partial charge in [0.2, 0.25) is 0 Å². The topological polar surface area (TPSA) is 60.0 Å². The summed E-state index contributed by atoms with van der Waals surface area (Å²) in [6.07, 6.45) is 1.99. The number of carboxylic acids is 1. The van der Waals surface area contributed by atoms with E-state index >= 15 is 0 Å². The summed E-state index contributed by atoms with van der Waals surface area (Å²) in [5.74, 6) is -0.931. The number of hydrogen-bond acceptors (Lipinski definition) is 3. The van der Waals surface area contributed by atoms with Gasteiger partial charge in [0.15, 0.2) is 0 Å². The number of fused-ring (bicyclic) bond motifs is 1. The van der Waals surface area contributed by atoms with E-state index in [0.29, 0.717) is 5.02 Å². The predicted octanol–water partition coefficient (Wildman–Crippen LogP) is 5.48. The second-order valence-electron chi connectivity index (χ2n) is 6.62. The Morgan fingerprint density at radius 2 is 1.96 bits per heavy atom. The summed E-state index contributed by atoms with van der Waals surface area (Å²) >= 11 is 7.85. The Hall–Kier alpha value is -2.70. The summed E-state index contributed by atoms with van der Waals surface area (Å²) in [4.78, 5) is 13.3. The zero-order valence-electron chi connectivity index (χ0n) is 15.6. The van der Waals surface area contributed by atoms with Crippen LogP contribution >= 0.6 is 23.4 Å². The summed E-state index contributed by atoms with van der Waals surface area (Å²) in [6.45, 7) is 4.04. The van der Waals surface area contributed by atoms with Crippen LogP contribution in [0, 0.1) is 13.8 Å². The molecule has 0 bridgehead atoms. The molecule has 0 atom stereocenters. The van der Waals surface area contributed by atoms with Crippen LogP contribution in [0.1, 0.15) is 21.7 Å². The van der Waals surface area contributed by atoms with E-state index in [2.05, 4.69) is 16.6 Å². The van der Waals surface area contributed by atoms with Crippen LogP contribution < -0.4 is 0 Å². The van der Waals surface area contributed by atoms with E-state index in [1.54, 1.807) is 34.6 Å². The molecular formula is C21H18ClN3O2S. The minimum atomic E-state index is -0.931. The standard InChI is InChI=1S/C21H18ClN3O2S/c1-12-19(11-24(3)23-12)25-13(2)20(17-8-7-15(22)10-18(17)25)28-16-6-4-5-14(9-16)21(26)27/h4-11H,1-3H3,(H,26,27). The molecule has 0 spiro atoms. The molecule has 28 heavy (non-hydrogen) atoms. The Kier molecular flexibility index (Phi) is 4.69. The highest BCUT2D eigenvalue weighted by molar-refractivity contribution is 7.99. The zero-order chi connectivity index (χ0) is 20.0. The minimum Gasteiger partial charge on any atom is -0.478 e. The average Bonchev–Trinajstić information content (AvgIpc) is 3.11. The Morgan fingerprint density at radius 1 is 1.18 bits per heavy atom. The van der Waals surface area contributed by atoms with Crippen molar-refractivity contribution in [1.82, 2.24) is 14.3 Å². The SMILES string of the molecule is Cc1nn(C)cc1-n1c(C)c(Sc2cccc(C(=O)O)c2)c2ccc(Cl)cc21. The number of carbonyl (C=O) groups is 1. The average molecular weight is 412 g/mol. The molecule has 0 aliphatic carbocycles. The molecule has 2 aromatic heterocycles. The Labute approximate surface area is 171 Å². The highest BCUT2D eigenvalue weighted by Crippen LogP contribution is 2.41. The van der Waals surface area contributed by atoms with E-state index in [9.17, 15) is 9.90 Å². The molecule has 2 heterocycles. The van der Waals surface area contributed by atoms with Gasteiger partial charge in [-0.15, -0.1) is 0 Å². The normalized spacial score (nSPS) is 11.3. The minimum absolute atomic E-state index is 0.275. The third kappa shape index (κ3) is 3.19. The summed E-state index contributed by atoms with van der Waals surface area (Å²) in [7, 11) is 1.90. The molecule has 0 radical (unpaired) electrons. The molecule has 7 heteroatoms. The van der Waals surface area contributed by atoms with E-state index in [1.807, 2.05) is 44.4 Å². The number of aromatic nitrogens is 3. The van der Waals surface area contributed by atoms with Crippen molar-refractivity contribution >= 4 is 40.2 Å². The van der Waals surface area contributed by atoms with Gasteiger partial charge in [-0.2, -0.15) is 5.10 Å². The third-order valence-corrected chi connectivity index (χ3v) is 6.08. The molecule has 4 aromatic rings. The molecule has 142 valence electrons. The van der Waals surface area contributed by atoms with Crippen LogP contribution in [0.25, 0.3) is 16.6 Å². The predicted molar refractivity (Wildman–Crippen MR) is 112 cm³/mol. The summed E-state index contributed by atoms with van der Waals surface area (Å²) in [6, 6.07) is 12.8. The monoisotopic (exact) mass is 411 g/mol. The van der Waals surface area contributed by atoms with Gasteiger partial charge in [0.1, 0.15) is 0 Å². The van der Waals surface area contributed by atoms with Crippen LogP contribution in [0.4, 0.5) is 0 Å². The van der Waals surface area contributed by atoms with Crippen LogP contribution in [0.5, 0.6) is 0 Å². The van der Waals surface area contributed by atoms with Crippen molar-refractivity contribution < 1.29 is 9.90 Å². The van der Waals surface area contributed by atoms with Gasteiger partial charge in [-0.05, 0) is 44.2 Å². The van der Waals surface area contributed by atoms with Gasteiger partial charge in [0.25, 0.3) is 0 Å². The molecule has 0 amide bonds. The van der Waals surface area contributed by atoms with Crippen molar-refractivity contribution in [3.8, 4) is 5.69 Å². The lowest BCUT2D eigenvalue weighted by Gasteiger charge is -2.07. The molecule has 1 N–H and O–H groups in total. The maximum absolute atomic E-state index is 11.3. The summed E-state index contributed by atoms with van der Waals surface area (Å²) < 4.78 is 3.95. The van der Waals surface area contributed by atoms with Gasteiger partial charge >= 0.3 is 5.97 Å². The summed E-state index contributed by atoms with van der Waals surface area (Å²) in [5.41, 5.74) is 4.25. The summed E-state index contributed by atoms with van der Waals surface area (Å²) in [5, 5.41) is 15.5. The number of aromatic carboxylic acids is 1. The van der Waals surface area contributed by atoms with Gasteiger partial charge in [-0.1, -0.05) is 35.5 Å². The first-order valence-electron chi connectivity index (χ1n) is 8.67. The van der Waals surface area contributed by atoms with E-state index in [4.69, 9.17) is 11.6 Å². The Morgan fingerprint density at radius 3 is 2.64 bits per heavy atom. The van der Waals surface area contributed by atoms with Gasteiger partial charge in [0, 0.05) is 39.1 Å². The van der Waals surface area contributed by atoms with E-state index in [0.717, 1.165) is 37.8 Å². The lowest BCUT2D eigenvalue weighted by Crippen LogP contribution is -1.97. The maximum Gasteiger partial charge on any atom is 0.335 e. The lowest BCUT2D eigenvalue weighted by atomic mass is 10.2. The molecule has 0 unspecified atom stereocenters. The van der Waals surface area contributed by atoms with E-state index < -0.39 is 5.97 Å². The molecule has 5 nitrogen and oxygen atoms in total. The second kappa shape index (κ2) is 7.04. The molecule has 0 fully saturated rings. The molecule has 0 saturated carbocycles. The Bertz CT molecular complexity index is 1230. The van der Waals surface area contributed by atoms with Gasteiger partial charge < -0.3 is 9.67 Å². The van der Waals surface area contributed by atoms with E-state index in [1.165, 1.54) is 0 Å². The highest BCUT2D eigenvalue weighted by atomic mass is 35.5. The number of halogens is 1. The number of hydrogen-bond donors (Lipinski definition) is 1. The molecular weight excluding hydrogens is 394 g/mol. The first-order chi connectivity index (χ1) is 13.3. The zero-order valence-corrected chi connectivity index (χ0v) is 17.2. The van der Waals surface area contributed by atoms with Gasteiger partial charge in [-0.3, -0.25) is 4.68 Å². The maximum atomic E-state index is 11.3. The molecule has 0 aliphatic heterocycles. The fourth-order valence-corrected chi connectivity index (χ4v) is 4.67. The van der Waals surface area contributed by atoms with Crippen molar-refractivity contribution in [3.63, 3.8) is 0 Å². The number of carboxylic acid groups (broad SMARTS) is 1. The van der Waals surface area contributed by atoms with Gasteiger partial charge in [0.05, 0.1) is 22.5 Å². The van der Waals surface area contributed by atoms with Crippen LogP contribution in [0.15, 0.2) is 58.5 Å². The van der Waals surface area contributed by atoms with Crippen LogP contribution in [-0.4, -0.2) is 25.4 Å². The van der Waals surface area contributed by atoms with Gasteiger partial charge in [-0.25, -0.2) is 4.79 Å². The number of aryl methyl sites for hydroxylation is 2. The second-order valence-corrected chi connectivity index (χ2v) is 8.14. The molecule has 4 rings (SSSR count). The van der Waals surface area contributed by atoms with Crippen molar-refractivity contribution in [2.45, 2.75) is 23.6 Å². The van der Waals surface area contributed by atoms with Crippen LogP contribution in [-0.2, 0) is 7.05 Å². The lowest BCUT2D eigenvalue weighted by molar-refractivity contribution is 0.0696. The number of benzene rings is 2.